The number of carboxylic acid groups (broad SMARTS) is 2. The second-order valence-electron chi connectivity index (χ2n) is 6.13. The van der Waals surface area contributed by atoms with Crippen molar-refractivity contribution in [3.05, 3.63) is 29.8 Å². The highest BCUT2D eigenvalue weighted by Crippen LogP contribution is 2.37. The molecule has 3 rings (SSSR count). The molecule has 1 aromatic carbocycles. The number of rotatable bonds is 0. The smallest absolute Gasteiger partial charge is 0.414 e. The van der Waals surface area contributed by atoms with E-state index >= 15 is 0 Å². The summed E-state index contributed by atoms with van der Waals surface area (Å²) >= 11 is 0. The molecule has 0 amide bonds. The molecule has 1 saturated heterocycles. The minimum absolute atomic E-state index is 0.106. The summed E-state index contributed by atoms with van der Waals surface area (Å²) in [6, 6.07) is 8.21. The number of benzene rings is 1. The second kappa shape index (κ2) is 7.63. The molecule has 132 valence electrons. The van der Waals surface area contributed by atoms with Crippen molar-refractivity contribution in [2.75, 3.05) is 20.1 Å². The second-order valence-corrected chi connectivity index (χ2v) is 6.13. The van der Waals surface area contributed by atoms with Crippen molar-refractivity contribution in [1.82, 2.24) is 4.90 Å². The molecule has 2 aliphatic rings. The standard InChI is InChI=1S/C15H21NO2.C2H2O4/c1-12-15(7-9-16(2)10-8-15)17-11-13-5-3-4-6-14(13)18-12;3-1(4)2(5)6/h3-6,12H,7-11H2,1-2H3;(H,3,4)(H,5,6). The Labute approximate surface area is 140 Å². The Morgan fingerprint density at radius 3 is 2.33 bits per heavy atom. The third kappa shape index (κ3) is 4.24. The van der Waals surface area contributed by atoms with E-state index in [9.17, 15) is 0 Å². The molecule has 2 heterocycles. The van der Waals surface area contributed by atoms with Gasteiger partial charge < -0.3 is 24.6 Å². The summed E-state index contributed by atoms with van der Waals surface area (Å²) in [5.41, 5.74) is 1.06. The van der Waals surface area contributed by atoms with Gasteiger partial charge in [-0.25, -0.2) is 9.59 Å². The SMILES string of the molecule is CC1Oc2ccccc2COC12CCN(C)CC2.O=C(O)C(=O)O. The van der Waals surface area contributed by atoms with Crippen LogP contribution in [0.1, 0.15) is 25.3 Å². The molecule has 0 aliphatic carbocycles. The van der Waals surface area contributed by atoms with Crippen molar-refractivity contribution in [2.24, 2.45) is 0 Å². The van der Waals surface area contributed by atoms with E-state index in [4.69, 9.17) is 29.3 Å². The summed E-state index contributed by atoms with van der Waals surface area (Å²) in [4.78, 5) is 20.6. The van der Waals surface area contributed by atoms with Crippen LogP contribution < -0.4 is 4.74 Å². The van der Waals surface area contributed by atoms with Crippen LogP contribution in [-0.4, -0.2) is 58.9 Å². The van der Waals surface area contributed by atoms with Gasteiger partial charge in [0.1, 0.15) is 17.5 Å². The van der Waals surface area contributed by atoms with Crippen LogP contribution in [-0.2, 0) is 20.9 Å². The predicted octanol–water partition coefficient (Wildman–Crippen LogP) is 1.60. The maximum Gasteiger partial charge on any atom is 0.414 e. The summed E-state index contributed by atoms with van der Waals surface area (Å²) in [5, 5.41) is 14.8. The summed E-state index contributed by atoms with van der Waals surface area (Å²) in [5.74, 6) is -2.66. The Balaban J connectivity index is 0.000000301. The van der Waals surface area contributed by atoms with Gasteiger partial charge in [-0.2, -0.15) is 0 Å². The Morgan fingerprint density at radius 2 is 1.75 bits per heavy atom. The van der Waals surface area contributed by atoms with Gasteiger partial charge in [-0.3, -0.25) is 0 Å². The number of hydrogen-bond acceptors (Lipinski definition) is 5. The average Bonchev–Trinajstić information content (AvgIpc) is 2.68. The van der Waals surface area contributed by atoms with Crippen molar-refractivity contribution in [2.45, 2.75) is 38.1 Å². The van der Waals surface area contributed by atoms with E-state index in [-0.39, 0.29) is 11.7 Å². The zero-order chi connectivity index (χ0) is 17.7. The predicted molar refractivity (Wildman–Crippen MR) is 86.1 cm³/mol. The Kier molecular flexibility index (Phi) is 5.80. The van der Waals surface area contributed by atoms with Gasteiger partial charge in [0.15, 0.2) is 0 Å². The van der Waals surface area contributed by atoms with E-state index in [1.807, 2.05) is 18.2 Å². The first-order valence-corrected chi connectivity index (χ1v) is 7.87. The van der Waals surface area contributed by atoms with Crippen molar-refractivity contribution in [3.8, 4) is 5.75 Å². The fraction of sp³-hybridized carbons (Fsp3) is 0.529. The van der Waals surface area contributed by atoms with Crippen LogP contribution in [0.3, 0.4) is 0 Å². The molecule has 7 heteroatoms. The van der Waals surface area contributed by atoms with Gasteiger partial charge in [0.2, 0.25) is 0 Å². The molecule has 0 bridgehead atoms. The molecular formula is C17H23NO6. The number of para-hydroxylation sites is 1. The van der Waals surface area contributed by atoms with Crippen LogP contribution in [0.15, 0.2) is 24.3 Å². The van der Waals surface area contributed by atoms with Gasteiger partial charge in [0, 0.05) is 18.7 Å². The highest BCUT2D eigenvalue weighted by atomic mass is 16.6. The average molecular weight is 337 g/mol. The Bertz CT molecular complexity index is 582. The molecule has 1 spiro atoms. The van der Waals surface area contributed by atoms with E-state index in [0.29, 0.717) is 6.61 Å². The number of hydrogen-bond donors (Lipinski definition) is 2. The summed E-state index contributed by atoms with van der Waals surface area (Å²) in [7, 11) is 2.17. The van der Waals surface area contributed by atoms with Crippen molar-refractivity contribution in [3.63, 3.8) is 0 Å². The maximum absolute atomic E-state index is 9.10. The molecule has 24 heavy (non-hydrogen) atoms. The van der Waals surface area contributed by atoms with E-state index in [2.05, 4.69) is 24.9 Å². The highest BCUT2D eigenvalue weighted by Gasteiger charge is 2.43. The van der Waals surface area contributed by atoms with Crippen LogP contribution in [0.2, 0.25) is 0 Å². The minimum Gasteiger partial charge on any atom is -0.487 e. The van der Waals surface area contributed by atoms with E-state index in [0.717, 1.165) is 31.7 Å². The van der Waals surface area contributed by atoms with Crippen molar-refractivity contribution >= 4 is 11.9 Å². The molecule has 0 radical (unpaired) electrons. The van der Waals surface area contributed by atoms with E-state index < -0.39 is 11.9 Å². The number of likely N-dealkylation sites (tertiary alicyclic amines) is 1. The number of nitrogens with zero attached hydrogens (tertiary/aromatic N) is 1. The molecule has 7 nitrogen and oxygen atoms in total. The van der Waals surface area contributed by atoms with Crippen LogP contribution in [0.5, 0.6) is 5.75 Å². The van der Waals surface area contributed by atoms with Gasteiger partial charge in [-0.05, 0) is 32.9 Å². The third-order valence-corrected chi connectivity index (χ3v) is 4.55. The highest BCUT2D eigenvalue weighted by molar-refractivity contribution is 6.27. The molecule has 1 aromatic rings. The Morgan fingerprint density at radius 1 is 1.17 bits per heavy atom. The van der Waals surface area contributed by atoms with E-state index in [1.54, 1.807) is 0 Å². The summed E-state index contributed by atoms with van der Waals surface area (Å²) in [6.45, 7) is 4.99. The zero-order valence-electron chi connectivity index (χ0n) is 13.9. The van der Waals surface area contributed by atoms with Crippen LogP contribution in [0.25, 0.3) is 0 Å². The number of piperidine rings is 1. The lowest BCUT2D eigenvalue weighted by atomic mass is 9.86. The quantitative estimate of drug-likeness (QED) is 0.694. The largest absolute Gasteiger partial charge is 0.487 e. The normalized spacial score (nSPS) is 22.3. The van der Waals surface area contributed by atoms with Crippen molar-refractivity contribution in [1.29, 1.82) is 0 Å². The van der Waals surface area contributed by atoms with Crippen molar-refractivity contribution < 1.29 is 29.3 Å². The molecule has 1 fully saturated rings. The molecule has 0 aromatic heterocycles. The van der Waals surface area contributed by atoms with Gasteiger partial charge >= 0.3 is 11.9 Å². The number of ether oxygens (including phenoxy) is 2. The molecule has 1 unspecified atom stereocenters. The van der Waals surface area contributed by atoms with Crippen LogP contribution in [0.4, 0.5) is 0 Å². The maximum atomic E-state index is 9.10. The van der Waals surface area contributed by atoms with Crippen LogP contribution in [0, 0.1) is 0 Å². The Hall–Kier alpha value is -2.12. The van der Waals surface area contributed by atoms with Crippen LogP contribution >= 0.6 is 0 Å². The first kappa shape index (κ1) is 18.2. The fourth-order valence-electron chi connectivity index (χ4n) is 2.92. The first-order chi connectivity index (χ1) is 11.3. The molecule has 2 N–H and O–H groups in total. The summed E-state index contributed by atoms with van der Waals surface area (Å²) in [6.07, 6.45) is 2.23. The minimum atomic E-state index is -1.82. The fourth-order valence-corrected chi connectivity index (χ4v) is 2.92. The van der Waals surface area contributed by atoms with Gasteiger partial charge in [-0.15, -0.1) is 0 Å². The summed E-state index contributed by atoms with van der Waals surface area (Å²) < 4.78 is 12.4. The number of aliphatic carboxylic acids is 2. The lowest BCUT2D eigenvalue weighted by molar-refractivity contribution is -0.159. The number of fused-ring (bicyclic) bond motifs is 1. The zero-order valence-corrected chi connectivity index (χ0v) is 13.9. The topological polar surface area (TPSA) is 96.3 Å². The number of carbonyl (C=O) groups is 2. The lowest BCUT2D eigenvalue weighted by Gasteiger charge is -2.42. The molecular weight excluding hydrogens is 314 g/mol. The van der Waals surface area contributed by atoms with Gasteiger partial charge in [0.05, 0.1) is 6.61 Å². The van der Waals surface area contributed by atoms with E-state index in [1.165, 1.54) is 5.56 Å². The third-order valence-electron chi connectivity index (χ3n) is 4.55. The first-order valence-electron chi connectivity index (χ1n) is 7.87. The monoisotopic (exact) mass is 337 g/mol. The van der Waals surface area contributed by atoms with Gasteiger partial charge in [-0.1, -0.05) is 18.2 Å². The molecule has 1 atom stereocenters. The molecule has 0 saturated carbocycles. The lowest BCUT2D eigenvalue weighted by Crippen LogP contribution is -2.52. The number of carboxylic acids is 2. The molecule has 2 aliphatic heterocycles. The van der Waals surface area contributed by atoms with Gasteiger partial charge in [0.25, 0.3) is 0 Å².